The van der Waals surface area contributed by atoms with E-state index in [-0.39, 0.29) is 0 Å². The maximum Gasteiger partial charge on any atom is 0.181 e. The van der Waals surface area contributed by atoms with E-state index in [1.807, 2.05) is 24.4 Å². The molecule has 0 saturated heterocycles. The standard InChI is InChI=1S/C18H18N2O/c1-2-3-9-15-10-16(18-12-19-13-21-18)17(11-20-15)14-7-5-4-6-8-14/h4-8,10-13H,2-3,9H2,1H3. The lowest BCUT2D eigenvalue weighted by Crippen LogP contribution is -1.93. The zero-order valence-electron chi connectivity index (χ0n) is 12.1. The molecule has 0 N–H and O–H groups in total. The molecule has 3 nitrogen and oxygen atoms in total. The van der Waals surface area contributed by atoms with Crippen LogP contribution in [-0.4, -0.2) is 9.97 Å². The average molecular weight is 278 g/mol. The molecule has 0 radical (unpaired) electrons. The molecule has 3 aromatic rings. The molecule has 2 aromatic heterocycles. The van der Waals surface area contributed by atoms with Crippen LogP contribution in [0.15, 0.2) is 59.6 Å². The van der Waals surface area contributed by atoms with Crippen LogP contribution in [0.1, 0.15) is 25.5 Å². The van der Waals surface area contributed by atoms with Crippen LogP contribution in [0.25, 0.3) is 22.5 Å². The van der Waals surface area contributed by atoms with Crippen molar-refractivity contribution >= 4 is 0 Å². The van der Waals surface area contributed by atoms with Crippen molar-refractivity contribution in [3.63, 3.8) is 0 Å². The molecule has 0 bridgehead atoms. The van der Waals surface area contributed by atoms with E-state index in [0.717, 1.165) is 41.0 Å². The SMILES string of the molecule is CCCCc1cc(-c2cnco2)c(-c2ccccc2)cn1. The Morgan fingerprint density at radius 2 is 1.90 bits per heavy atom. The van der Waals surface area contributed by atoms with Gasteiger partial charge in [-0.05, 0) is 24.5 Å². The van der Waals surface area contributed by atoms with E-state index < -0.39 is 0 Å². The molecular weight excluding hydrogens is 260 g/mol. The number of hydrogen-bond acceptors (Lipinski definition) is 3. The van der Waals surface area contributed by atoms with Crippen LogP contribution in [0.3, 0.4) is 0 Å². The van der Waals surface area contributed by atoms with E-state index in [1.54, 1.807) is 6.20 Å². The Bertz CT molecular complexity index is 691. The van der Waals surface area contributed by atoms with Crippen LogP contribution in [0, 0.1) is 0 Å². The van der Waals surface area contributed by atoms with Gasteiger partial charge in [0.1, 0.15) is 0 Å². The summed E-state index contributed by atoms with van der Waals surface area (Å²) in [5, 5.41) is 0. The summed E-state index contributed by atoms with van der Waals surface area (Å²) in [6, 6.07) is 12.4. The number of pyridine rings is 1. The second kappa shape index (κ2) is 6.35. The van der Waals surface area contributed by atoms with Crippen molar-refractivity contribution in [2.75, 3.05) is 0 Å². The molecule has 0 saturated carbocycles. The number of hydrogen-bond donors (Lipinski definition) is 0. The van der Waals surface area contributed by atoms with Gasteiger partial charge in [0.2, 0.25) is 0 Å². The number of aromatic nitrogens is 2. The first-order valence-electron chi connectivity index (χ1n) is 7.31. The Labute approximate surface area is 124 Å². The summed E-state index contributed by atoms with van der Waals surface area (Å²) >= 11 is 0. The molecule has 0 atom stereocenters. The van der Waals surface area contributed by atoms with Gasteiger partial charge in [0, 0.05) is 23.0 Å². The van der Waals surface area contributed by atoms with Gasteiger partial charge < -0.3 is 4.42 Å². The van der Waals surface area contributed by atoms with Crippen molar-refractivity contribution in [3.8, 4) is 22.5 Å². The molecule has 0 unspecified atom stereocenters. The maximum absolute atomic E-state index is 5.50. The summed E-state index contributed by atoms with van der Waals surface area (Å²) in [4.78, 5) is 8.64. The number of unbranched alkanes of at least 4 members (excludes halogenated alkanes) is 1. The molecule has 0 aliphatic rings. The lowest BCUT2D eigenvalue weighted by molar-refractivity contribution is 0.572. The highest BCUT2D eigenvalue weighted by atomic mass is 16.3. The first-order valence-corrected chi connectivity index (χ1v) is 7.31. The number of nitrogens with zero attached hydrogens (tertiary/aromatic N) is 2. The third kappa shape index (κ3) is 3.02. The van der Waals surface area contributed by atoms with Crippen LogP contribution in [0.4, 0.5) is 0 Å². The van der Waals surface area contributed by atoms with Crippen molar-refractivity contribution in [1.29, 1.82) is 0 Å². The molecule has 3 rings (SSSR count). The van der Waals surface area contributed by atoms with Crippen LogP contribution in [0.2, 0.25) is 0 Å². The fourth-order valence-corrected chi connectivity index (χ4v) is 2.39. The first kappa shape index (κ1) is 13.6. The van der Waals surface area contributed by atoms with Crippen LogP contribution in [-0.2, 0) is 6.42 Å². The molecule has 0 spiro atoms. The number of aryl methyl sites for hydroxylation is 1. The Morgan fingerprint density at radius 1 is 1.05 bits per heavy atom. The van der Waals surface area contributed by atoms with Crippen molar-refractivity contribution in [2.45, 2.75) is 26.2 Å². The Kier molecular flexibility index (Phi) is 4.10. The van der Waals surface area contributed by atoms with Crippen molar-refractivity contribution in [2.24, 2.45) is 0 Å². The summed E-state index contributed by atoms with van der Waals surface area (Å²) in [6.45, 7) is 2.19. The Hall–Kier alpha value is -2.42. The molecule has 21 heavy (non-hydrogen) atoms. The summed E-state index contributed by atoms with van der Waals surface area (Å²) in [6.07, 6.45) is 8.47. The van der Waals surface area contributed by atoms with E-state index >= 15 is 0 Å². The predicted molar refractivity (Wildman–Crippen MR) is 83.8 cm³/mol. The topological polar surface area (TPSA) is 38.9 Å². The van der Waals surface area contributed by atoms with Crippen LogP contribution in [0.5, 0.6) is 0 Å². The zero-order chi connectivity index (χ0) is 14.5. The summed E-state index contributed by atoms with van der Waals surface area (Å²) in [5.74, 6) is 0.786. The average Bonchev–Trinajstić information content (AvgIpc) is 3.08. The molecule has 2 heterocycles. The Balaban J connectivity index is 2.07. The quantitative estimate of drug-likeness (QED) is 0.676. The summed E-state index contributed by atoms with van der Waals surface area (Å²) in [5.41, 5.74) is 4.37. The monoisotopic (exact) mass is 278 g/mol. The van der Waals surface area contributed by atoms with Crippen LogP contribution >= 0.6 is 0 Å². The lowest BCUT2D eigenvalue weighted by atomic mass is 9.99. The van der Waals surface area contributed by atoms with Gasteiger partial charge in [0.15, 0.2) is 12.2 Å². The van der Waals surface area contributed by atoms with Crippen molar-refractivity contribution < 1.29 is 4.42 Å². The summed E-state index contributed by atoms with van der Waals surface area (Å²) in [7, 11) is 0. The van der Waals surface area contributed by atoms with Gasteiger partial charge in [-0.2, -0.15) is 0 Å². The molecular formula is C18H18N2O. The number of oxazole rings is 1. The highest BCUT2D eigenvalue weighted by Crippen LogP contribution is 2.32. The highest BCUT2D eigenvalue weighted by Gasteiger charge is 2.12. The molecule has 3 heteroatoms. The molecule has 0 amide bonds. The van der Waals surface area contributed by atoms with Crippen molar-refractivity contribution in [3.05, 3.63) is 60.9 Å². The van der Waals surface area contributed by atoms with E-state index in [9.17, 15) is 0 Å². The molecule has 0 aliphatic carbocycles. The van der Waals surface area contributed by atoms with Gasteiger partial charge in [-0.25, -0.2) is 4.98 Å². The minimum Gasteiger partial charge on any atom is -0.443 e. The fraction of sp³-hybridized carbons (Fsp3) is 0.222. The molecule has 0 aliphatic heterocycles. The molecule has 1 aromatic carbocycles. The normalized spacial score (nSPS) is 10.7. The second-order valence-corrected chi connectivity index (χ2v) is 5.06. The van der Waals surface area contributed by atoms with Gasteiger partial charge in [-0.3, -0.25) is 4.98 Å². The fourth-order valence-electron chi connectivity index (χ4n) is 2.39. The first-order chi connectivity index (χ1) is 10.4. The largest absolute Gasteiger partial charge is 0.443 e. The minimum absolute atomic E-state index is 0.786. The summed E-state index contributed by atoms with van der Waals surface area (Å²) < 4.78 is 5.50. The zero-order valence-corrected chi connectivity index (χ0v) is 12.1. The smallest absolute Gasteiger partial charge is 0.181 e. The van der Waals surface area contributed by atoms with Gasteiger partial charge in [0.25, 0.3) is 0 Å². The van der Waals surface area contributed by atoms with Gasteiger partial charge in [-0.1, -0.05) is 43.7 Å². The second-order valence-electron chi connectivity index (χ2n) is 5.06. The molecule has 106 valence electrons. The van der Waals surface area contributed by atoms with Crippen LogP contribution < -0.4 is 0 Å². The van der Waals surface area contributed by atoms with E-state index in [0.29, 0.717) is 0 Å². The van der Waals surface area contributed by atoms with Gasteiger partial charge >= 0.3 is 0 Å². The van der Waals surface area contributed by atoms with E-state index in [2.05, 4.69) is 35.1 Å². The number of benzene rings is 1. The van der Waals surface area contributed by atoms with E-state index in [4.69, 9.17) is 4.42 Å². The Morgan fingerprint density at radius 3 is 2.62 bits per heavy atom. The number of rotatable bonds is 5. The predicted octanol–water partition coefficient (Wildman–Crippen LogP) is 4.75. The maximum atomic E-state index is 5.50. The van der Waals surface area contributed by atoms with Gasteiger partial charge in [-0.15, -0.1) is 0 Å². The minimum atomic E-state index is 0.786. The third-order valence-electron chi connectivity index (χ3n) is 3.53. The molecule has 0 fully saturated rings. The third-order valence-corrected chi connectivity index (χ3v) is 3.53. The van der Waals surface area contributed by atoms with Crippen molar-refractivity contribution in [1.82, 2.24) is 9.97 Å². The van der Waals surface area contributed by atoms with Gasteiger partial charge in [0.05, 0.1) is 6.20 Å². The van der Waals surface area contributed by atoms with E-state index in [1.165, 1.54) is 12.8 Å². The lowest BCUT2D eigenvalue weighted by Gasteiger charge is -2.09. The highest BCUT2D eigenvalue weighted by molar-refractivity contribution is 5.80.